The van der Waals surface area contributed by atoms with Crippen molar-refractivity contribution in [2.24, 2.45) is 33.8 Å². The second-order valence-electron chi connectivity index (χ2n) is 13.6. The number of nitrogens with one attached hydrogen (secondary N) is 5. The number of thiol groups is 1. The van der Waals surface area contributed by atoms with E-state index >= 15 is 0 Å². The van der Waals surface area contributed by atoms with E-state index in [0.717, 1.165) is 5.56 Å². The minimum absolute atomic E-state index is 0.0264. The largest absolute Gasteiger partial charge is 0.391 e. The number of hydrogen-bond donors (Lipinski definition) is 11. The predicted octanol–water partition coefficient (Wildman–Crippen LogP) is -1.88. The van der Waals surface area contributed by atoms with Gasteiger partial charge in [0.2, 0.25) is 35.4 Å². The Morgan fingerprint density at radius 1 is 0.673 bits per heavy atom. The van der Waals surface area contributed by atoms with E-state index in [-0.39, 0.29) is 49.9 Å². The molecule has 302 valence electrons. The van der Waals surface area contributed by atoms with Gasteiger partial charge in [0.25, 0.3) is 0 Å². The standard InChI is InChI=1S/C37H56N10O7S/c1-21(2)17-27(45-36(54)30(22(3)48)47-32(50)25(38)18-23-11-6-4-7-12-23)33(51)46-29(20-55)35(53)44-28(19-24-13-8-5-9-14-24)34(52)43-26(31(39)49)15-10-16-42-37(40)41/h4-9,11-14,21-22,25-30,48,55H,10,15-20,38H2,1-3H3,(H2,39,49)(H,43,52)(H,44,53)(H,45,54)(H,46,51)(H,47,50)(H4,40,41,42). The minimum atomic E-state index is -1.45. The van der Waals surface area contributed by atoms with Gasteiger partial charge in [-0.3, -0.25) is 33.8 Å². The monoisotopic (exact) mass is 784 g/mol. The molecule has 55 heavy (non-hydrogen) atoms. The van der Waals surface area contributed by atoms with Crippen molar-refractivity contribution >= 4 is 54.0 Å². The van der Waals surface area contributed by atoms with Crippen molar-refractivity contribution in [2.75, 3.05) is 12.3 Å². The van der Waals surface area contributed by atoms with Crippen molar-refractivity contribution in [3.05, 3.63) is 71.8 Å². The number of aliphatic hydroxyl groups is 1. The lowest BCUT2D eigenvalue weighted by atomic mass is 10.0. The molecule has 14 N–H and O–H groups in total. The molecule has 0 aliphatic carbocycles. The van der Waals surface area contributed by atoms with Gasteiger partial charge in [-0.15, -0.1) is 0 Å². The molecular formula is C37H56N10O7S. The molecule has 0 spiro atoms. The van der Waals surface area contributed by atoms with E-state index in [2.05, 4.69) is 44.2 Å². The molecule has 6 amide bonds. The van der Waals surface area contributed by atoms with Crippen LogP contribution in [0.3, 0.4) is 0 Å². The van der Waals surface area contributed by atoms with Crippen molar-refractivity contribution in [1.82, 2.24) is 26.6 Å². The highest BCUT2D eigenvalue weighted by Crippen LogP contribution is 2.10. The maximum atomic E-state index is 13.6. The summed E-state index contributed by atoms with van der Waals surface area (Å²) in [5.74, 6) is -4.96. The topological polar surface area (TPSA) is 299 Å². The van der Waals surface area contributed by atoms with Crippen LogP contribution in [0, 0.1) is 5.92 Å². The van der Waals surface area contributed by atoms with Gasteiger partial charge in [0.1, 0.15) is 30.2 Å². The molecule has 2 aromatic rings. The van der Waals surface area contributed by atoms with E-state index in [0.29, 0.717) is 12.0 Å². The fraction of sp³-hybridized carbons (Fsp3) is 0.486. The zero-order valence-electron chi connectivity index (χ0n) is 31.4. The molecule has 0 aliphatic rings. The zero-order chi connectivity index (χ0) is 41.1. The number of rotatable bonds is 23. The molecule has 0 fully saturated rings. The number of carbonyl (C=O) groups is 6. The highest BCUT2D eigenvalue weighted by Gasteiger charge is 2.34. The van der Waals surface area contributed by atoms with E-state index < -0.39 is 77.8 Å². The quantitative estimate of drug-likeness (QED) is 0.0258. The molecule has 0 heterocycles. The Morgan fingerprint density at radius 3 is 1.67 bits per heavy atom. The number of nitrogens with zero attached hydrogens (tertiary/aromatic N) is 1. The van der Waals surface area contributed by atoms with Crippen LogP contribution < -0.4 is 49.5 Å². The lowest BCUT2D eigenvalue weighted by Crippen LogP contribution is -2.61. The maximum absolute atomic E-state index is 13.6. The van der Waals surface area contributed by atoms with Crippen LogP contribution in [0.25, 0.3) is 0 Å². The molecule has 0 bridgehead atoms. The molecule has 0 radical (unpaired) electrons. The first-order chi connectivity index (χ1) is 26.0. The average molecular weight is 785 g/mol. The Labute approximate surface area is 327 Å². The Hall–Kier alpha value is -5.20. The van der Waals surface area contributed by atoms with Gasteiger partial charge in [0, 0.05) is 18.7 Å². The van der Waals surface area contributed by atoms with Gasteiger partial charge in [-0.05, 0) is 49.7 Å². The number of nitrogens with two attached hydrogens (primary N) is 4. The third-order valence-electron chi connectivity index (χ3n) is 8.37. The SMILES string of the molecule is CC(C)CC(NC(=O)C(NC(=O)C(N)Cc1ccccc1)C(C)O)C(=O)NC(CS)C(=O)NC(Cc1ccccc1)C(=O)NC(CCCN=C(N)N)C(N)=O. The van der Waals surface area contributed by atoms with Crippen molar-refractivity contribution < 1.29 is 33.9 Å². The lowest BCUT2D eigenvalue weighted by Gasteiger charge is -2.28. The number of guanidine groups is 1. The Morgan fingerprint density at radius 2 is 1.16 bits per heavy atom. The first kappa shape index (κ1) is 46.0. The summed E-state index contributed by atoms with van der Waals surface area (Å²) in [7, 11) is 0. The Balaban J connectivity index is 2.20. The van der Waals surface area contributed by atoms with E-state index in [1.165, 1.54) is 6.92 Å². The summed E-state index contributed by atoms with van der Waals surface area (Å²) in [6.07, 6.45) is -0.557. The van der Waals surface area contributed by atoms with Crippen molar-refractivity contribution in [1.29, 1.82) is 0 Å². The highest BCUT2D eigenvalue weighted by molar-refractivity contribution is 7.80. The lowest BCUT2D eigenvalue weighted by molar-refractivity contribution is -0.136. The summed E-state index contributed by atoms with van der Waals surface area (Å²) in [4.78, 5) is 83.2. The normalized spacial score (nSPS) is 14.8. The van der Waals surface area contributed by atoms with Crippen molar-refractivity contribution in [3.63, 3.8) is 0 Å². The second-order valence-corrected chi connectivity index (χ2v) is 14.0. The van der Waals surface area contributed by atoms with Crippen LogP contribution in [0.2, 0.25) is 0 Å². The molecule has 17 nitrogen and oxygen atoms in total. The fourth-order valence-corrected chi connectivity index (χ4v) is 5.71. The van der Waals surface area contributed by atoms with E-state index in [4.69, 9.17) is 22.9 Å². The highest BCUT2D eigenvalue weighted by atomic mass is 32.1. The van der Waals surface area contributed by atoms with Crippen LogP contribution in [-0.4, -0.2) is 101 Å². The number of benzene rings is 2. The minimum Gasteiger partial charge on any atom is -0.391 e. The van der Waals surface area contributed by atoms with Gasteiger partial charge < -0.3 is 54.6 Å². The molecular weight excluding hydrogens is 729 g/mol. The fourth-order valence-electron chi connectivity index (χ4n) is 5.45. The number of aliphatic hydroxyl groups excluding tert-OH is 1. The molecule has 2 aromatic carbocycles. The van der Waals surface area contributed by atoms with Crippen molar-refractivity contribution in [2.45, 2.75) is 95.2 Å². The molecule has 0 aliphatic heterocycles. The first-order valence-electron chi connectivity index (χ1n) is 18.0. The number of carbonyl (C=O) groups excluding carboxylic acids is 6. The molecule has 2 rings (SSSR count). The number of primary amides is 1. The van der Waals surface area contributed by atoms with Crippen molar-refractivity contribution in [3.8, 4) is 0 Å². The van der Waals surface area contributed by atoms with Gasteiger partial charge in [-0.2, -0.15) is 12.6 Å². The van der Waals surface area contributed by atoms with Gasteiger partial charge >= 0.3 is 0 Å². The second kappa shape index (κ2) is 23.6. The summed E-state index contributed by atoms with van der Waals surface area (Å²) < 4.78 is 0. The Kier molecular flexibility index (Phi) is 19.7. The summed E-state index contributed by atoms with van der Waals surface area (Å²) in [5.41, 5.74) is 23.8. The molecule has 0 aromatic heterocycles. The van der Waals surface area contributed by atoms with Crippen LogP contribution in [0.15, 0.2) is 65.7 Å². The van der Waals surface area contributed by atoms with Crippen LogP contribution in [0.4, 0.5) is 0 Å². The molecule has 0 saturated carbocycles. The zero-order valence-corrected chi connectivity index (χ0v) is 32.3. The average Bonchev–Trinajstić information content (AvgIpc) is 3.13. The maximum Gasteiger partial charge on any atom is 0.245 e. The first-order valence-corrected chi connectivity index (χ1v) is 18.6. The summed E-state index contributed by atoms with van der Waals surface area (Å²) >= 11 is 4.26. The van der Waals surface area contributed by atoms with Gasteiger partial charge in [-0.25, -0.2) is 0 Å². The molecule has 0 saturated heterocycles. The number of amides is 6. The molecule has 18 heteroatoms. The summed E-state index contributed by atoms with van der Waals surface area (Å²) in [6.45, 7) is 5.15. The van der Waals surface area contributed by atoms with E-state index in [1.54, 1.807) is 54.6 Å². The van der Waals surface area contributed by atoms with Crippen LogP contribution in [0.1, 0.15) is 51.2 Å². The molecule has 7 unspecified atom stereocenters. The third kappa shape index (κ3) is 16.8. The van der Waals surface area contributed by atoms with Gasteiger partial charge in [-0.1, -0.05) is 74.5 Å². The van der Waals surface area contributed by atoms with Crippen LogP contribution in [0.5, 0.6) is 0 Å². The van der Waals surface area contributed by atoms with Crippen LogP contribution in [-0.2, 0) is 41.6 Å². The summed E-state index contributed by atoms with van der Waals surface area (Å²) in [5, 5.41) is 23.3. The number of hydrogen-bond acceptors (Lipinski definition) is 10. The van der Waals surface area contributed by atoms with Crippen LogP contribution >= 0.6 is 12.6 Å². The third-order valence-corrected chi connectivity index (χ3v) is 8.74. The smallest absolute Gasteiger partial charge is 0.245 e. The Bertz CT molecular complexity index is 1590. The van der Waals surface area contributed by atoms with E-state index in [9.17, 15) is 33.9 Å². The number of aliphatic imine (C=N–C) groups is 1. The van der Waals surface area contributed by atoms with Gasteiger partial charge in [0.05, 0.1) is 12.1 Å². The summed E-state index contributed by atoms with van der Waals surface area (Å²) in [6, 6.07) is 10.6. The van der Waals surface area contributed by atoms with E-state index in [1.807, 2.05) is 19.9 Å². The van der Waals surface area contributed by atoms with Gasteiger partial charge in [0.15, 0.2) is 5.96 Å². The predicted molar refractivity (Wildman–Crippen MR) is 212 cm³/mol. The molecule has 7 atom stereocenters.